The van der Waals surface area contributed by atoms with Crippen molar-refractivity contribution in [3.05, 3.63) is 75.0 Å². The molecule has 3 heterocycles. The number of thioether (sulfide) groups is 1. The van der Waals surface area contributed by atoms with Crippen molar-refractivity contribution < 1.29 is 9.53 Å². The van der Waals surface area contributed by atoms with Gasteiger partial charge in [0.05, 0.1) is 24.1 Å². The maximum Gasteiger partial charge on any atom is 0.267 e. The van der Waals surface area contributed by atoms with Gasteiger partial charge in [0.2, 0.25) is 0 Å². The molecule has 1 amide bonds. The highest BCUT2D eigenvalue weighted by Gasteiger charge is 2.32. The van der Waals surface area contributed by atoms with Crippen LogP contribution < -0.4 is 15.6 Å². The quantitative estimate of drug-likeness (QED) is 0.176. The molecule has 0 aliphatic carbocycles. The first-order valence-corrected chi connectivity index (χ1v) is 13.9. The van der Waals surface area contributed by atoms with Gasteiger partial charge in [-0.1, -0.05) is 81.2 Å². The third-order valence-electron chi connectivity index (χ3n) is 6.24. The molecule has 1 N–H and O–H groups in total. The minimum Gasteiger partial charge on any atom is -0.497 e. The number of anilines is 1. The van der Waals surface area contributed by atoms with Gasteiger partial charge in [0.15, 0.2) is 0 Å². The van der Waals surface area contributed by atoms with E-state index in [1.165, 1.54) is 41.8 Å². The zero-order valence-corrected chi connectivity index (χ0v) is 22.9. The normalized spacial score (nSPS) is 14.6. The fourth-order valence-corrected chi connectivity index (χ4v) is 5.40. The van der Waals surface area contributed by atoms with E-state index in [0.717, 1.165) is 24.2 Å². The summed E-state index contributed by atoms with van der Waals surface area (Å²) in [5, 5.41) is 3.35. The van der Waals surface area contributed by atoms with E-state index >= 15 is 0 Å². The molecule has 1 saturated heterocycles. The fraction of sp³-hybridized carbons (Fsp3) is 0.357. The van der Waals surface area contributed by atoms with Crippen molar-refractivity contribution in [2.75, 3.05) is 19.0 Å². The molecule has 0 bridgehead atoms. The van der Waals surface area contributed by atoms with Crippen LogP contribution >= 0.6 is 24.0 Å². The van der Waals surface area contributed by atoms with E-state index < -0.39 is 0 Å². The molecule has 7 nitrogen and oxygen atoms in total. The number of pyridine rings is 1. The van der Waals surface area contributed by atoms with Gasteiger partial charge in [-0.3, -0.25) is 18.9 Å². The molecule has 0 unspecified atom stereocenters. The van der Waals surface area contributed by atoms with Gasteiger partial charge in [-0.25, -0.2) is 4.98 Å². The largest absolute Gasteiger partial charge is 0.497 e. The first-order valence-electron chi connectivity index (χ1n) is 12.7. The van der Waals surface area contributed by atoms with Crippen molar-refractivity contribution >= 4 is 51.7 Å². The Labute approximate surface area is 226 Å². The lowest BCUT2D eigenvalue weighted by molar-refractivity contribution is -0.122. The summed E-state index contributed by atoms with van der Waals surface area (Å²) in [7, 11) is 1.61. The number of amides is 1. The zero-order chi connectivity index (χ0) is 26.2. The number of nitrogens with zero attached hydrogens (tertiary/aromatic N) is 3. The minimum absolute atomic E-state index is 0.217. The number of rotatable bonds is 12. The van der Waals surface area contributed by atoms with Gasteiger partial charge >= 0.3 is 0 Å². The van der Waals surface area contributed by atoms with Crippen LogP contribution in [0.2, 0.25) is 0 Å². The number of nitrogens with one attached hydrogen (secondary N) is 1. The monoisotopic (exact) mass is 536 g/mol. The lowest BCUT2D eigenvalue weighted by Crippen LogP contribution is -2.27. The van der Waals surface area contributed by atoms with Gasteiger partial charge in [0.1, 0.15) is 21.5 Å². The predicted octanol–water partition coefficient (Wildman–Crippen LogP) is 5.88. The van der Waals surface area contributed by atoms with Gasteiger partial charge < -0.3 is 10.1 Å². The summed E-state index contributed by atoms with van der Waals surface area (Å²) in [5.74, 6) is 1.02. The number of benzene rings is 1. The molecule has 37 heavy (non-hydrogen) atoms. The molecular formula is C28H32N4O3S2. The van der Waals surface area contributed by atoms with Crippen LogP contribution in [-0.2, 0) is 11.3 Å². The topological polar surface area (TPSA) is 75.9 Å². The van der Waals surface area contributed by atoms with E-state index in [2.05, 4.69) is 12.2 Å². The Bertz CT molecular complexity index is 1350. The van der Waals surface area contributed by atoms with Gasteiger partial charge in [0, 0.05) is 12.7 Å². The molecule has 0 spiro atoms. The number of fused-ring (bicyclic) bond motifs is 1. The Morgan fingerprint density at radius 1 is 1.05 bits per heavy atom. The van der Waals surface area contributed by atoms with Crippen molar-refractivity contribution in [3.8, 4) is 5.75 Å². The molecule has 1 aliphatic heterocycles. The highest BCUT2D eigenvalue weighted by atomic mass is 32.2. The standard InChI is InChI=1S/C28H32N4O3S2/c1-3-4-5-6-7-9-16-29-25-22(26(33)31-17-10-8-11-24(31)30-25)18-23-27(34)32(28(36)37-23)19-20-12-14-21(35-2)15-13-20/h8,10-15,17-18,29H,3-7,9,16,19H2,1-2H3. The molecule has 9 heteroatoms. The van der Waals surface area contributed by atoms with E-state index in [1.807, 2.05) is 30.3 Å². The highest BCUT2D eigenvalue weighted by molar-refractivity contribution is 8.26. The summed E-state index contributed by atoms with van der Waals surface area (Å²) < 4.78 is 7.17. The number of carbonyl (C=O) groups is 1. The number of aromatic nitrogens is 2. The van der Waals surface area contributed by atoms with Crippen LogP contribution in [0, 0.1) is 0 Å². The first kappa shape index (κ1) is 26.9. The Hall–Kier alpha value is -3.17. The number of ether oxygens (including phenoxy) is 1. The molecule has 3 aromatic rings. The molecule has 194 valence electrons. The lowest BCUT2D eigenvalue weighted by atomic mass is 10.1. The second-order valence-electron chi connectivity index (χ2n) is 8.92. The maximum absolute atomic E-state index is 13.4. The van der Waals surface area contributed by atoms with E-state index in [4.69, 9.17) is 21.9 Å². The van der Waals surface area contributed by atoms with E-state index in [1.54, 1.807) is 36.4 Å². The Balaban J connectivity index is 1.56. The summed E-state index contributed by atoms with van der Waals surface area (Å²) in [6.45, 7) is 3.27. The van der Waals surface area contributed by atoms with Crippen LogP contribution in [0.15, 0.2) is 58.4 Å². The zero-order valence-electron chi connectivity index (χ0n) is 21.2. The first-order chi connectivity index (χ1) is 18.0. The fourth-order valence-electron chi connectivity index (χ4n) is 4.16. The molecule has 1 aliphatic rings. The van der Waals surface area contributed by atoms with Crippen molar-refractivity contribution in [1.82, 2.24) is 14.3 Å². The Morgan fingerprint density at radius 2 is 1.81 bits per heavy atom. The smallest absolute Gasteiger partial charge is 0.267 e. The molecule has 4 rings (SSSR count). The molecular weight excluding hydrogens is 504 g/mol. The Morgan fingerprint density at radius 3 is 2.57 bits per heavy atom. The van der Waals surface area contributed by atoms with Gasteiger partial charge in [0.25, 0.3) is 11.5 Å². The molecule has 1 aromatic carbocycles. The summed E-state index contributed by atoms with van der Waals surface area (Å²) in [6, 6.07) is 13.0. The second-order valence-corrected chi connectivity index (χ2v) is 10.6. The Kier molecular flexibility index (Phi) is 9.35. The van der Waals surface area contributed by atoms with Crippen molar-refractivity contribution in [3.63, 3.8) is 0 Å². The highest BCUT2D eigenvalue weighted by Crippen LogP contribution is 2.34. The van der Waals surface area contributed by atoms with E-state index in [-0.39, 0.29) is 11.5 Å². The van der Waals surface area contributed by atoms with Crippen LogP contribution in [0.3, 0.4) is 0 Å². The second kappa shape index (κ2) is 12.9. The van der Waals surface area contributed by atoms with Gasteiger partial charge in [-0.05, 0) is 42.3 Å². The van der Waals surface area contributed by atoms with Gasteiger partial charge in [-0.15, -0.1) is 0 Å². The van der Waals surface area contributed by atoms with Crippen molar-refractivity contribution in [1.29, 1.82) is 0 Å². The number of carbonyl (C=O) groups excluding carboxylic acids is 1. The third kappa shape index (κ3) is 6.59. The van der Waals surface area contributed by atoms with E-state index in [9.17, 15) is 9.59 Å². The number of thiocarbonyl (C=S) groups is 1. The van der Waals surface area contributed by atoms with E-state index in [0.29, 0.717) is 39.3 Å². The maximum atomic E-state index is 13.4. The van der Waals surface area contributed by atoms with Gasteiger partial charge in [-0.2, -0.15) is 0 Å². The van der Waals surface area contributed by atoms with Crippen LogP contribution in [-0.4, -0.2) is 38.2 Å². The summed E-state index contributed by atoms with van der Waals surface area (Å²) in [6.07, 6.45) is 10.4. The average Bonchev–Trinajstić information content (AvgIpc) is 3.18. The van der Waals surface area contributed by atoms with Crippen LogP contribution in [0.1, 0.15) is 56.6 Å². The predicted molar refractivity (Wildman–Crippen MR) is 155 cm³/mol. The number of methoxy groups -OCH3 is 1. The number of hydrogen-bond acceptors (Lipinski definition) is 7. The summed E-state index contributed by atoms with van der Waals surface area (Å²) >= 11 is 6.72. The van der Waals surface area contributed by atoms with Crippen LogP contribution in [0.5, 0.6) is 5.75 Å². The minimum atomic E-state index is -0.225. The summed E-state index contributed by atoms with van der Waals surface area (Å²) in [4.78, 5) is 33.4. The SMILES string of the molecule is CCCCCCCCNc1nc2ccccn2c(=O)c1C=C1SC(=S)N(Cc2ccc(OC)cc2)C1=O. The van der Waals surface area contributed by atoms with Crippen molar-refractivity contribution in [2.45, 2.75) is 52.0 Å². The molecule has 1 fully saturated rings. The number of hydrogen-bond donors (Lipinski definition) is 1. The van der Waals surface area contributed by atoms with Crippen LogP contribution in [0.25, 0.3) is 11.7 Å². The third-order valence-corrected chi connectivity index (χ3v) is 7.62. The van der Waals surface area contributed by atoms with Crippen molar-refractivity contribution in [2.24, 2.45) is 0 Å². The molecule has 0 atom stereocenters. The number of unbranched alkanes of at least 4 members (excludes halogenated alkanes) is 5. The molecule has 0 saturated carbocycles. The summed E-state index contributed by atoms with van der Waals surface area (Å²) in [5.41, 5.74) is 1.63. The van der Waals surface area contributed by atoms with Crippen LogP contribution in [0.4, 0.5) is 5.82 Å². The lowest BCUT2D eigenvalue weighted by Gasteiger charge is -2.14. The molecule has 0 radical (unpaired) electrons. The molecule has 2 aromatic heterocycles. The average molecular weight is 537 g/mol.